The molecule has 3 aliphatic heterocycles. The Kier molecular flexibility index (Phi) is 11.0. The molecule has 0 aromatic rings. The largest absolute Gasteiger partial charge is 0.750 e. The molecule has 0 spiro atoms. The van der Waals surface area contributed by atoms with E-state index < -0.39 is 25.7 Å². The maximum Gasteiger partial charge on any atom is 0.750 e. The molecule has 0 radical (unpaired) electrons. The number of oxime groups is 3. The van der Waals surface area contributed by atoms with E-state index >= 15 is 8.63 Å². The van der Waals surface area contributed by atoms with Gasteiger partial charge in [0, 0.05) is 13.1 Å². The lowest BCUT2D eigenvalue weighted by atomic mass is 10.1. The number of hydrogen-bond acceptors (Lipinski definition) is 12. The van der Waals surface area contributed by atoms with E-state index in [4.69, 9.17) is 28.5 Å². The van der Waals surface area contributed by atoms with Gasteiger partial charge in [0.25, 0.3) is 5.91 Å². The van der Waals surface area contributed by atoms with Crippen LogP contribution in [0.25, 0.3) is 0 Å². The first-order chi connectivity index (χ1) is 17.1. The number of carbonyl (C=O) groups excluding carboxylic acids is 1. The Morgan fingerprint density at radius 2 is 1.14 bits per heavy atom. The van der Waals surface area contributed by atoms with Crippen molar-refractivity contribution in [3.63, 3.8) is 0 Å². The molecule has 0 saturated carbocycles. The second kappa shape index (κ2) is 13.7. The molecule has 3 rings (SSSR count). The summed E-state index contributed by atoms with van der Waals surface area (Å²) in [5.41, 5.74) is 5.39. The second-order valence-electron chi connectivity index (χ2n) is 7.61. The smallest absolute Gasteiger partial charge is 0.532 e. The highest BCUT2D eigenvalue weighted by Gasteiger charge is 2.41. The number of halogens is 2. The topological polar surface area (TPSA) is 170 Å². The molecule has 15 nitrogen and oxygen atoms in total. The minimum Gasteiger partial charge on any atom is -0.532 e. The Morgan fingerprint density at radius 3 is 1.64 bits per heavy atom. The molecule has 3 aliphatic rings. The van der Waals surface area contributed by atoms with E-state index in [1.807, 2.05) is 13.8 Å². The third-order valence-corrected chi connectivity index (χ3v) is 4.41. The molecule has 0 aliphatic carbocycles. The lowest BCUT2D eigenvalue weighted by Crippen LogP contribution is -2.53. The molecule has 0 saturated heterocycles. The number of aliphatic imine (C=N–C) groups is 2. The highest BCUT2D eigenvalue weighted by atomic mass is 19.1. The van der Waals surface area contributed by atoms with Crippen LogP contribution in [0.5, 0.6) is 0 Å². The molecule has 0 fully saturated rings. The van der Waals surface area contributed by atoms with Crippen LogP contribution >= 0.6 is 0 Å². The third kappa shape index (κ3) is 9.04. The van der Waals surface area contributed by atoms with Gasteiger partial charge in [-0.05, 0) is 33.6 Å². The lowest BCUT2D eigenvalue weighted by molar-refractivity contribution is -0.126. The average molecular weight is 518 g/mol. The lowest BCUT2D eigenvalue weighted by Gasteiger charge is -2.33. The molecular formula is C17H30B2F2N8O7-2. The van der Waals surface area contributed by atoms with E-state index in [-0.39, 0.29) is 36.2 Å². The highest BCUT2D eigenvalue weighted by Crippen LogP contribution is 2.15. The van der Waals surface area contributed by atoms with Crippen LogP contribution in [0.3, 0.4) is 0 Å². The van der Waals surface area contributed by atoms with E-state index in [2.05, 4.69) is 36.4 Å². The van der Waals surface area contributed by atoms with Crippen LogP contribution < -0.4 is 16.4 Å². The van der Waals surface area contributed by atoms with Gasteiger partial charge in [-0.1, -0.05) is 26.7 Å². The Bertz CT molecular complexity index is 939. The summed E-state index contributed by atoms with van der Waals surface area (Å²) >= 11 is 0. The number of nitrogens with zero attached hydrogens (tertiary/aromatic N) is 5. The maximum atomic E-state index is 15.5. The first kappa shape index (κ1) is 28.9. The van der Waals surface area contributed by atoms with Crippen molar-refractivity contribution in [1.82, 2.24) is 16.4 Å². The number of carbonyl (C=O) groups is 1. The number of amidine groups is 2. The number of unbranched alkanes of at least 4 members (excludes halogenated alkanes) is 2. The van der Waals surface area contributed by atoms with E-state index in [0.29, 0.717) is 12.8 Å². The van der Waals surface area contributed by atoms with Crippen molar-refractivity contribution >= 4 is 48.8 Å². The van der Waals surface area contributed by atoms with Crippen LogP contribution in [0, 0.1) is 0 Å². The van der Waals surface area contributed by atoms with Crippen LogP contribution in [-0.4, -0.2) is 61.9 Å². The van der Waals surface area contributed by atoms with Gasteiger partial charge < -0.3 is 37.2 Å². The minimum atomic E-state index is -4.33. The minimum absolute atomic E-state index is 0.101. The summed E-state index contributed by atoms with van der Waals surface area (Å²) in [6.45, 7) is 8.24. The summed E-state index contributed by atoms with van der Waals surface area (Å²) in [5, 5.41) is 10.5. The van der Waals surface area contributed by atoms with Crippen LogP contribution in [0.2, 0.25) is 0 Å². The first-order valence-corrected chi connectivity index (χ1v) is 11.4. The van der Waals surface area contributed by atoms with Crippen molar-refractivity contribution in [3.8, 4) is 0 Å². The zero-order valence-electron chi connectivity index (χ0n) is 20.7. The summed E-state index contributed by atoms with van der Waals surface area (Å²) < 4.78 is 60.0. The first-order valence-electron chi connectivity index (χ1n) is 11.4. The molecule has 2 bridgehead atoms. The van der Waals surface area contributed by atoms with Crippen molar-refractivity contribution < 1.29 is 42.0 Å². The summed E-state index contributed by atoms with van der Waals surface area (Å²) in [6, 6.07) is 0. The second-order valence-corrected chi connectivity index (χ2v) is 7.61. The molecule has 0 aromatic heterocycles. The van der Waals surface area contributed by atoms with Crippen molar-refractivity contribution in [3.05, 3.63) is 0 Å². The number of fused-ring (bicyclic) bond motifs is 12. The van der Waals surface area contributed by atoms with E-state index in [9.17, 15) is 4.79 Å². The number of hydroxylamine groups is 3. The fourth-order valence-electron chi connectivity index (χ4n) is 2.27. The fourth-order valence-corrected chi connectivity index (χ4v) is 2.27. The summed E-state index contributed by atoms with van der Waals surface area (Å²) in [6.07, 6.45) is 2.95. The molecule has 2 unspecified atom stereocenters. The summed E-state index contributed by atoms with van der Waals surface area (Å²) in [4.78, 5) is 20.5. The van der Waals surface area contributed by atoms with Crippen molar-refractivity contribution in [2.45, 2.75) is 60.3 Å². The summed E-state index contributed by atoms with van der Waals surface area (Å²) in [5.74, 6) is -1.47. The van der Waals surface area contributed by atoms with Crippen LogP contribution in [0.4, 0.5) is 8.63 Å². The molecule has 2 atom stereocenters. The molecule has 0 aromatic carbocycles. The van der Waals surface area contributed by atoms with Gasteiger partial charge in [-0.3, -0.25) is 31.2 Å². The predicted molar refractivity (Wildman–Crippen MR) is 128 cm³/mol. The normalized spacial score (nSPS) is 31.1. The predicted octanol–water partition coefficient (Wildman–Crippen LogP) is 1.49. The maximum absolute atomic E-state index is 15.5. The number of rotatable bonds is 6. The molecule has 19 heteroatoms. The highest BCUT2D eigenvalue weighted by molar-refractivity contribution is 6.55. The monoisotopic (exact) mass is 518 g/mol. The van der Waals surface area contributed by atoms with Gasteiger partial charge in [0.2, 0.25) is 0 Å². The standard InChI is InChI=1S/C17H30B2F2N8O7/c1-6-8-10-22-15-13(4)25-32-19(21)35-28-16(23-11-9-7-2)12(3)24-31-18(20,34-27-15)33-26-14(5)17(30)29-36-19/h6-11H2,1-5H3,(H,22,27)(H,23,28)(H,29,30)/q-2/b24-12?,25-13-,26-14-. The van der Waals surface area contributed by atoms with Gasteiger partial charge in [0.1, 0.15) is 17.1 Å². The van der Waals surface area contributed by atoms with E-state index in [0.717, 1.165) is 19.8 Å². The Balaban J connectivity index is 2.58. The number of nitrogens with one attached hydrogen (secondary N) is 3. The van der Waals surface area contributed by atoms with Crippen LogP contribution in [-0.2, 0) is 33.3 Å². The van der Waals surface area contributed by atoms with Crippen molar-refractivity contribution in [2.24, 2.45) is 25.5 Å². The van der Waals surface area contributed by atoms with Gasteiger partial charge in [0.05, 0.1) is 0 Å². The van der Waals surface area contributed by atoms with Gasteiger partial charge in [-0.15, -0.1) is 15.5 Å². The Hall–Kier alpha value is -3.31. The van der Waals surface area contributed by atoms with Crippen molar-refractivity contribution in [1.29, 1.82) is 0 Å². The molecule has 3 heterocycles. The Morgan fingerprint density at radius 1 is 0.722 bits per heavy atom. The van der Waals surface area contributed by atoms with Gasteiger partial charge in [0.15, 0.2) is 11.7 Å². The van der Waals surface area contributed by atoms with Gasteiger partial charge in [-0.2, -0.15) is 0 Å². The fraction of sp³-hybridized carbons (Fsp3) is 0.647. The van der Waals surface area contributed by atoms with E-state index in [1.165, 1.54) is 13.8 Å². The third-order valence-electron chi connectivity index (χ3n) is 4.41. The number of hydrogen-bond donors (Lipinski definition) is 3. The van der Waals surface area contributed by atoms with Gasteiger partial charge in [-0.25, -0.2) is 0 Å². The molecule has 202 valence electrons. The molecule has 1 amide bonds. The molecular weight excluding hydrogens is 488 g/mol. The SMILES string of the molecule is CCCCN=C1NO[B-]2(F)O/N=C(/C)C(=NCCCC)NO[B-](F)(ON=C1C)O/N=C(/C)C(=O)NO2. The van der Waals surface area contributed by atoms with Crippen LogP contribution in [0.1, 0.15) is 60.3 Å². The summed E-state index contributed by atoms with van der Waals surface area (Å²) in [7, 11) is -8.64. The van der Waals surface area contributed by atoms with Crippen molar-refractivity contribution in [2.75, 3.05) is 13.1 Å². The van der Waals surface area contributed by atoms with Gasteiger partial charge >= 0.3 is 14.1 Å². The zero-order chi connectivity index (χ0) is 26.6. The Labute approximate surface area is 206 Å². The van der Waals surface area contributed by atoms with Crippen LogP contribution in [0.15, 0.2) is 25.5 Å². The number of amides is 1. The average Bonchev–Trinajstić information content (AvgIpc) is 2.86. The van der Waals surface area contributed by atoms with E-state index in [1.54, 1.807) is 5.48 Å². The zero-order valence-corrected chi connectivity index (χ0v) is 20.7. The quantitative estimate of drug-likeness (QED) is 0.348. The molecule has 3 N–H and O–H groups in total. The molecule has 36 heavy (non-hydrogen) atoms.